The third-order valence-corrected chi connectivity index (χ3v) is 5.51. The summed E-state index contributed by atoms with van der Waals surface area (Å²) in [5.74, 6) is 0.256. The van der Waals surface area contributed by atoms with Gasteiger partial charge >= 0.3 is 0 Å². The van der Waals surface area contributed by atoms with Crippen LogP contribution in [0.1, 0.15) is 30.7 Å². The maximum atomic E-state index is 13.9. The molecule has 0 bridgehead atoms. The first-order valence-electron chi connectivity index (χ1n) is 9.36. The van der Waals surface area contributed by atoms with Gasteiger partial charge in [0.2, 0.25) is 11.9 Å². The molecular weight excluding hydrogens is 350 g/mol. The fraction of sp³-hybridized carbons (Fsp3) is 0.450. The molecule has 1 aromatic carbocycles. The first-order chi connectivity index (χ1) is 13.1. The second-order valence-corrected chi connectivity index (χ2v) is 7.34. The molecule has 5 nitrogen and oxygen atoms in total. The van der Waals surface area contributed by atoms with Crippen molar-refractivity contribution in [2.75, 3.05) is 25.0 Å². The first kappa shape index (κ1) is 17.8. The molecule has 0 unspecified atom stereocenters. The fourth-order valence-electron chi connectivity index (χ4n) is 3.82. The zero-order valence-electron chi connectivity index (χ0n) is 14.9. The van der Waals surface area contributed by atoms with Crippen LogP contribution in [0.2, 0.25) is 0 Å². The summed E-state index contributed by atoms with van der Waals surface area (Å²) >= 11 is 0. The molecule has 27 heavy (non-hydrogen) atoms. The minimum absolute atomic E-state index is 0.0220. The van der Waals surface area contributed by atoms with E-state index >= 15 is 0 Å². The van der Waals surface area contributed by atoms with E-state index in [4.69, 9.17) is 0 Å². The summed E-state index contributed by atoms with van der Waals surface area (Å²) in [7, 11) is 0. The number of benzene rings is 1. The summed E-state index contributed by atoms with van der Waals surface area (Å²) in [4.78, 5) is 22.4. The van der Waals surface area contributed by atoms with Crippen molar-refractivity contribution in [3.05, 3.63) is 53.9 Å². The van der Waals surface area contributed by atoms with Crippen LogP contribution in [0.3, 0.4) is 0 Å². The number of rotatable bonds is 5. The normalized spacial score (nSPS) is 22.5. The quantitative estimate of drug-likeness (QED) is 0.876. The molecule has 1 aliphatic carbocycles. The summed E-state index contributed by atoms with van der Waals surface area (Å²) in [6.07, 6.45) is 4.81. The molecular formula is C20H22F2N4O. The van der Waals surface area contributed by atoms with Crippen molar-refractivity contribution < 1.29 is 13.6 Å². The van der Waals surface area contributed by atoms with Gasteiger partial charge in [-0.15, -0.1) is 0 Å². The number of carbonyl (C=O) groups is 1. The van der Waals surface area contributed by atoms with Gasteiger partial charge in [-0.05, 0) is 42.7 Å². The van der Waals surface area contributed by atoms with Crippen LogP contribution in [-0.4, -0.2) is 40.4 Å². The van der Waals surface area contributed by atoms with Crippen molar-refractivity contribution in [2.45, 2.75) is 25.2 Å². The van der Waals surface area contributed by atoms with Gasteiger partial charge in [0.05, 0.1) is 12.4 Å². The molecule has 2 fully saturated rings. The lowest BCUT2D eigenvalue weighted by Gasteiger charge is -2.32. The Morgan fingerprint density at radius 1 is 1.15 bits per heavy atom. The van der Waals surface area contributed by atoms with Crippen molar-refractivity contribution in [3.63, 3.8) is 0 Å². The number of nitrogens with one attached hydrogen (secondary N) is 1. The van der Waals surface area contributed by atoms with Gasteiger partial charge in [-0.3, -0.25) is 4.79 Å². The number of nitrogens with zero attached hydrogens (tertiary/aromatic N) is 3. The highest BCUT2D eigenvalue weighted by atomic mass is 19.1. The van der Waals surface area contributed by atoms with Crippen LogP contribution < -0.4 is 5.32 Å². The predicted molar refractivity (Wildman–Crippen MR) is 97.0 cm³/mol. The highest BCUT2D eigenvalue weighted by molar-refractivity contribution is 5.83. The molecule has 0 radical (unpaired) electrons. The van der Waals surface area contributed by atoms with Gasteiger partial charge in [0.25, 0.3) is 0 Å². The topological polar surface area (TPSA) is 58.1 Å². The van der Waals surface area contributed by atoms with Crippen LogP contribution in [0.15, 0.2) is 36.7 Å². The molecule has 142 valence electrons. The summed E-state index contributed by atoms with van der Waals surface area (Å²) in [6, 6.07) is 6.73. The number of hydrogen-bond acceptors (Lipinski definition) is 4. The van der Waals surface area contributed by atoms with Gasteiger partial charge in [0.15, 0.2) is 5.82 Å². The molecule has 2 atom stereocenters. The van der Waals surface area contributed by atoms with Crippen molar-refractivity contribution in [3.8, 4) is 0 Å². The van der Waals surface area contributed by atoms with Crippen LogP contribution in [0.4, 0.5) is 14.7 Å². The molecule has 0 spiro atoms. The minimum Gasteiger partial charge on any atom is -0.354 e. The van der Waals surface area contributed by atoms with Gasteiger partial charge in [-0.25, -0.2) is 18.7 Å². The van der Waals surface area contributed by atoms with E-state index in [-0.39, 0.29) is 23.6 Å². The van der Waals surface area contributed by atoms with Gasteiger partial charge in [-0.2, -0.15) is 0 Å². The zero-order chi connectivity index (χ0) is 18.8. The Labute approximate surface area is 156 Å². The molecule has 2 aliphatic rings. The molecule has 1 aromatic heterocycles. The average Bonchev–Trinajstić information content (AvgIpc) is 3.48. The maximum absolute atomic E-state index is 13.9. The molecule has 7 heteroatoms. The average molecular weight is 372 g/mol. The van der Waals surface area contributed by atoms with Crippen molar-refractivity contribution in [2.24, 2.45) is 11.8 Å². The number of anilines is 1. The Morgan fingerprint density at radius 3 is 2.56 bits per heavy atom. The van der Waals surface area contributed by atoms with Gasteiger partial charge in [-0.1, -0.05) is 18.2 Å². The van der Waals surface area contributed by atoms with E-state index in [9.17, 15) is 13.6 Å². The SMILES string of the molecule is O=C([C@@H]1C[C@H]1c1ccccc1F)N1CCC(CNc2ncc(F)cn2)CC1. The van der Waals surface area contributed by atoms with E-state index in [1.54, 1.807) is 12.1 Å². The summed E-state index contributed by atoms with van der Waals surface area (Å²) in [6.45, 7) is 2.14. The van der Waals surface area contributed by atoms with Crippen LogP contribution in [0.25, 0.3) is 0 Å². The smallest absolute Gasteiger partial charge is 0.226 e. The molecule has 1 saturated heterocycles. The van der Waals surface area contributed by atoms with E-state index < -0.39 is 5.82 Å². The van der Waals surface area contributed by atoms with E-state index in [0.29, 0.717) is 24.0 Å². The van der Waals surface area contributed by atoms with Crippen LogP contribution in [-0.2, 0) is 4.79 Å². The third-order valence-electron chi connectivity index (χ3n) is 5.51. The number of piperidine rings is 1. The molecule has 1 amide bonds. The Hall–Kier alpha value is -2.57. The van der Waals surface area contributed by atoms with E-state index in [2.05, 4.69) is 15.3 Å². The van der Waals surface area contributed by atoms with Crippen molar-refractivity contribution in [1.82, 2.24) is 14.9 Å². The van der Waals surface area contributed by atoms with E-state index in [1.807, 2.05) is 11.0 Å². The number of amides is 1. The zero-order valence-corrected chi connectivity index (χ0v) is 14.9. The fourth-order valence-corrected chi connectivity index (χ4v) is 3.82. The highest BCUT2D eigenvalue weighted by Gasteiger charge is 2.47. The van der Waals surface area contributed by atoms with Crippen molar-refractivity contribution >= 4 is 11.9 Å². The highest BCUT2D eigenvalue weighted by Crippen LogP contribution is 2.49. The number of carbonyl (C=O) groups excluding carboxylic acids is 1. The molecule has 4 rings (SSSR count). The standard InChI is InChI=1S/C20H22F2N4O/c21-14-11-24-20(25-12-14)23-10-13-5-7-26(8-6-13)19(27)17-9-16(17)15-3-1-2-4-18(15)22/h1-4,11-13,16-17H,5-10H2,(H,23,24,25)/t16-,17+/m0/s1. The van der Waals surface area contributed by atoms with E-state index in [1.165, 1.54) is 6.07 Å². The Morgan fingerprint density at radius 2 is 1.85 bits per heavy atom. The lowest BCUT2D eigenvalue weighted by atomic mass is 9.96. The Balaban J connectivity index is 1.24. The van der Waals surface area contributed by atoms with Gasteiger partial charge < -0.3 is 10.2 Å². The number of likely N-dealkylation sites (tertiary alicyclic amines) is 1. The molecule has 1 saturated carbocycles. The van der Waals surface area contributed by atoms with Gasteiger partial charge in [0, 0.05) is 25.6 Å². The Bertz CT molecular complexity index is 806. The predicted octanol–water partition coefficient (Wildman–Crippen LogP) is 3.21. The number of halogens is 2. The lowest BCUT2D eigenvalue weighted by molar-refractivity contribution is -0.134. The molecule has 1 N–H and O–H groups in total. The van der Waals surface area contributed by atoms with E-state index in [0.717, 1.165) is 44.7 Å². The van der Waals surface area contributed by atoms with Crippen LogP contribution >= 0.6 is 0 Å². The molecule has 2 heterocycles. The van der Waals surface area contributed by atoms with Gasteiger partial charge in [0.1, 0.15) is 5.82 Å². The second-order valence-electron chi connectivity index (χ2n) is 7.34. The largest absolute Gasteiger partial charge is 0.354 e. The summed E-state index contributed by atoms with van der Waals surface area (Å²) in [5, 5.41) is 3.12. The maximum Gasteiger partial charge on any atom is 0.226 e. The van der Waals surface area contributed by atoms with Crippen LogP contribution in [0, 0.1) is 23.5 Å². The summed E-state index contributed by atoms with van der Waals surface area (Å²) < 4.78 is 26.7. The van der Waals surface area contributed by atoms with Crippen molar-refractivity contribution in [1.29, 1.82) is 0 Å². The molecule has 1 aliphatic heterocycles. The first-order valence-corrected chi connectivity index (χ1v) is 9.36. The Kier molecular flexibility index (Phi) is 5.01. The summed E-state index contributed by atoms with van der Waals surface area (Å²) in [5.41, 5.74) is 0.661. The lowest BCUT2D eigenvalue weighted by Crippen LogP contribution is -2.41. The minimum atomic E-state index is -0.457. The molecule has 2 aromatic rings. The number of aromatic nitrogens is 2. The third kappa shape index (κ3) is 4.07. The second kappa shape index (κ2) is 7.58. The monoisotopic (exact) mass is 372 g/mol. The number of hydrogen-bond donors (Lipinski definition) is 1. The van der Waals surface area contributed by atoms with Crippen LogP contribution in [0.5, 0.6) is 0 Å².